The number of aromatic nitrogens is 4. The number of benzene rings is 1. The van der Waals surface area contributed by atoms with Gasteiger partial charge in [-0.15, -0.1) is 15.3 Å². The van der Waals surface area contributed by atoms with Gasteiger partial charge in [0.25, 0.3) is 0 Å². The van der Waals surface area contributed by atoms with Crippen molar-refractivity contribution in [2.75, 3.05) is 5.43 Å². The number of phenolic OH excluding ortho intramolecular Hbond substituents is 1. The number of nitrogens with zero attached hydrogens (tertiary/aromatic N) is 5. The van der Waals surface area contributed by atoms with E-state index in [4.69, 9.17) is 0 Å². The SMILES string of the molecule is Cc1nnc2ccc(NN=Cc3cc(Br)ccc3O)nn12. The van der Waals surface area contributed by atoms with Crippen LogP contribution in [0.15, 0.2) is 39.9 Å². The first kappa shape index (κ1) is 13.5. The normalized spacial score (nSPS) is 11.3. The second kappa shape index (κ2) is 5.49. The molecule has 3 rings (SSSR count). The van der Waals surface area contributed by atoms with Gasteiger partial charge < -0.3 is 5.11 Å². The molecule has 0 atom stereocenters. The van der Waals surface area contributed by atoms with E-state index >= 15 is 0 Å². The number of hydrogen-bond donors (Lipinski definition) is 2. The van der Waals surface area contributed by atoms with Crippen LogP contribution in [0.1, 0.15) is 11.4 Å². The highest BCUT2D eigenvalue weighted by Crippen LogP contribution is 2.20. The molecule has 0 unspecified atom stereocenters. The van der Waals surface area contributed by atoms with E-state index in [0.29, 0.717) is 22.9 Å². The van der Waals surface area contributed by atoms with Crippen molar-refractivity contribution < 1.29 is 5.11 Å². The molecule has 7 nitrogen and oxygen atoms in total. The van der Waals surface area contributed by atoms with E-state index in [1.54, 1.807) is 34.8 Å². The van der Waals surface area contributed by atoms with Crippen LogP contribution >= 0.6 is 15.9 Å². The average Bonchev–Trinajstić information content (AvgIpc) is 2.84. The van der Waals surface area contributed by atoms with Gasteiger partial charge in [0.1, 0.15) is 5.75 Å². The highest BCUT2D eigenvalue weighted by Gasteiger charge is 2.03. The van der Waals surface area contributed by atoms with E-state index < -0.39 is 0 Å². The van der Waals surface area contributed by atoms with Crippen LogP contribution < -0.4 is 5.43 Å². The molecule has 3 aromatic rings. The molecule has 106 valence electrons. The maximum absolute atomic E-state index is 9.71. The molecule has 2 aromatic heterocycles. The summed E-state index contributed by atoms with van der Waals surface area (Å²) in [6, 6.07) is 8.66. The molecule has 21 heavy (non-hydrogen) atoms. The lowest BCUT2D eigenvalue weighted by Gasteiger charge is -2.01. The smallest absolute Gasteiger partial charge is 0.178 e. The molecule has 0 radical (unpaired) electrons. The van der Waals surface area contributed by atoms with Gasteiger partial charge >= 0.3 is 0 Å². The first-order chi connectivity index (χ1) is 10.1. The zero-order valence-corrected chi connectivity index (χ0v) is 12.6. The predicted molar refractivity (Wildman–Crippen MR) is 82.5 cm³/mol. The van der Waals surface area contributed by atoms with Crippen molar-refractivity contribution in [3.63, 3.8) is 0 Å². The van der Waals surface area contributed by atoms with Gasteiger partial charge in [-0.25, -0.2) is 0 Å². The van der Waals surface area contributed by atoms with Gasteiger partial charge in [0.15, 0.2) is 17.3 Å². The maximum Gasteiger partial charge on any atom is 0.178 e. The van der Waals surface area contributed by atoms with Crippen molar-refractivity contribution in [2.24, 2.45) is 5.10 Å². The average molecular weight is 347 g/mol. The number of anilines is 1. The first-order valence-corrected chi connectivity index (χ1v) is 6.89. The highest BCUT2D eigenvalue weighted by atomic mass is 79.9. The molecule has 0 fully saturated rings. The van der Waals surface area contributed by atoms with Crippen LogP contribution in [0.25, 0.3) is 5.65 Å². The molecule has 2 heterocycles. The lowest BCUT2D eigenvalue weighted by molar-refractivity contribution is 0.474. The third-order valence-electron chi connectivity index (χ3n) is 2.79. The number of fused-ring (bicyclic) bond motifs is 1. The van der Waals surface area contributed by atoms with Crippen LogP contribution in [-0.4, -0.2) is 31.1 Å². The Kier molecular flexibility index (Phi) is 3.53. The molecule has 0 aliphatic heterocycles. The Balaban J connectivity index is 1.80. The topological polar surface area (TPSA) is 87.7 Å². The number of hydrazone groups is 1. The molecule has 0 aliphatic carbocycles. The summed E-state index contributed by atoms with van der Waals surface area (Å²) in [5.74, 6) is 1.40. The summed E-state index contributed by atoms with van der Waals surface area (Å²) in [5, 5.41) is 26.0. The minimum absolute atomic E-state index is 0.154. The van der Waals surface area contributed by atoms with Crippen LogP contribution in [0.5, 0.6) is 5.75 Å². The zero-order chi connectivity index (χ0) is 14.8. The van der Waals surface area contributed by atoms with E-state index in [2.05, 4.69) is 41.8 Å². The third-order valence-corrected chi connectivity index (χ3v) is 3.28. The number of rotatable bonds is 3. The number of aromatic hydroxyl groups is 1. The number of phenols is 1. The van der Waals surface area contributed by atoms with Crippen molar-refractivity contribution in [1.29, 1.82) is 0 Å². The molecule has 0 spiro atoms. The first-order valence-electron chi connectivity index (χ1n) is 6.10. The molecule has 0 amide bonds. The predicted octanol–water partition coefficient (Wildman–Crippen LogP) is 2.35. The van der Waals surface area contributed by atoms with Gasteiger partial charge in [0.2, 0.25) is 0 Å². The van der Waals surface area contributed by atoms with Gasteiger partial charge in [0.05, 0.1) is 6.21 Å². The maximum atomic E-state index is 9.71. The van der Waals surface area contributed by atoms with Crippen LogP contribution in [-0.2, 0) is 0 Å². The fraction of sp³-hybridized carbons (Fsp3) is 0.0769. The van der Waals surface area contributed by atoms with E-state index in [-0.39, 0.29) is 5.75 Å². The van der Waals surface area contributed by atoms with Crippen molar-refractivity contribution in [1.82, 2.24) is 19.8 Å². The molecule has 1 aromatic carbocycles. The molecule has 8 heteroatoms. The standard InChI is InChI=1S/C13H11BrN6O/c1-8-16-18-13-5-4-12(19-20(8)13)17-15-7-9-6-10(14)2-3-11(9)21/h2-7,21H,1H3,(H,17,19). The Bertz CT molecular complexity index is 829. The van der Waals surface area contributed by atoms with E-state index in [9.17, 15) is 5.11 Å². The summed E-state index contributed by atoms with van der Waals surface area (Å²) in [7, 11) is 0. The van der Waals surface area contributed by atoms with Crippen LogP contribution in [0.3, 0.4) is 0 Å². The van der Waals surface area contributed by atoms with Crippen LogP contribution in [0.4, 0.5) is 5.82 Å². The number of hydrogen-bond acceptors (Lipinski definition) is 6. The quantitative estimate of drug-likeness (QED) is 0.561. The third kappa shape index (κ3) is 2.84. The Morgan fingerprint density at radius 1 is 1.29 bits per heavy atom. The van der Waals surface area contributed by atoms with Gasteiger partial charge in [-0.2, -0.15) is 9.62 Å². The van der Waals surface area contributed by atoms with Gasteiger partial charge in [-0.1, -0.05) is 15.9 Å². The largest absolute Gasteiger partial charge is 0.507 e. The van der Waals surface area contributed by atoms with E-state index in [0.717, 1.165) is 4.47 Å². The number of nitrogens with one attached hydrogen (secondary N) is 1. The van der Waals surface area contributed by atoms with Crippen LogP contribution in [0.2, 0.25) is 0 Å². The van der Waals surface area contributed by atoms with Crippen molar-refractivity contribution >= 4 is 33.6 Å². The van der Waals surface area contributed by atoms with Gasteiger partial charge in [0, 0.05) is 10.0 Å². The minimum Gasteiger partial charge on any atom is -0.507 e. The highest BCUT2D eigenvalue weighted by molar-refractivity contribution is 9.10. The van der Waals surface area contributed by atoms with Crippen LogP contribution in [0, 0.1) is 6.92 Å². The van der Waals surface area contributed by atoms with Gasteiger partial charge in [-0.3, -0.25) is 5.43 Å². The summed E-state index contributed by atoms with van der Waals surface area (Å²) in [4.78, 5) is 0. The molecular weight excluding hydrogens is 336 g/mol. The fourth-order valence-corrected chi connectivity index (χ4v) is 2.13. The number of halogens is 1. The minimum atomic E-state index is 0.154. The Hall–Kier alpha value is -2.48. The molecule has 0 bridgehead atoms. The molecule has 0 saturated heterocycles. The second-order valence-electron chi connectivity index (χ2n) is 4.31. The summed E-state index contributed by atoms with van der Waals surface area (Å²) in [6.07, 6.45) is 1.52. The monoisotopic (exact) mass is 346 g/mol. The van der Waals surface area contributed by atoms with Crippen molar-refractivity contribution in [2.45, 2.75) is 6.92 Å². The van der Waals surface area contributed by atoms with E-state index in [1.807, 2.05) is 6.92 Å². The Morgan fingerprint density at radius 3 is 3.00 bits per heavy atom. The lowest BCUT2D eigenvalue weighted by Crippen LogP contribution is -2.00. The molecule has 0 saturated carbocycles. The number of aryl methyl sites for hydroxylation is 1. The summed E-state index contributed by atoms with van der Waals surface area (Å²) in [6.45, 7) is 1.82. The molecule has 0 aliphatic rings. The van der Waals surface area contributed by atoms with Crippen molar-refractivity contribution in [3.8, 4) is 5.75 Å². The fourth-order valence-electron chi connectivity index (χ4n) is 1.75. The molecule has 2 N–H and O–H groups in total. The Labute approximate surface area is 128 Å². The summed E-state index contributed by atoms with van der Waals surface area (Å²) < 4.78 is 2.48. The molecular formula is C13H11BrN6O. The van der Waals surface area contributed by atoms with E-state index in [1.165, 1.54) is 6.21 Å². The van der Waals surface area contributed by atoms with Crippen molar-refractivity contribution in [3.05, 3.63) is 46.2 Å². The summed E-state index contributed by atoms with van der Waals surface area (Å²) in [5.41, 5.74) is 4.07. The zero-order valence-electron chi connectivity index (χ0n) is 11.0. The second-order valence-corrected chi connectivity index (χ2v) is 5.22. The van der Waals surface area contributed by atoms with Gasteiger partial charge in [-0.05, 0) is 37.3 Å². The lowest BCUT2D eigenvalue weighted by atomic mass is 10.2. The Morgan fingerprint density at radius 2 is 2.14 bits per heavy atom. The summed E-state index contributed by atoms with van der Waals surface area (Å²) >= 11 is 3.34.